The Morgan fingerprint density at radius 2 is 1.88 bits per heavy atom. The summed E-state index contributed by atoms with van der Waals surface area (Å²) in [6.45, 7) is 3.57. The summed E-state index contributed by atoms with van der Waals surface area (Å²) in [5.74, 6) is -0.412. The summed E-state index contributed by atoms with van der Waals surface area (Å²) in [4.78, 5) is 13.3. The molecule has 0 spiro atoms. The Kier molecular flexibility index (Phi) is 4.23. The summed E-state index contributed by atoms with van der Waals surface area (Å²) >= 11 is 0. The summed E-state index contributed by atoms with van der Waals surface area (Å²) in [7, 11) is 1.64. The summed E-state index contributed by atoms with van der Waals surface area (Å²) in [5.41, 5.74) is -0.147. The molecule has 0 aliphatic heterocycles. The lowest BCUT2D eigenvalue weighted by molar-refractivity contribution is -0.131. The maximum atomic E-state index is 12.7. The van der Waals surface area contributed by atoms with E-state index in [-0.39, 0.29) is 24.7 Å². The van der Waals surface area contributed by atoms with Crippen LogP contribution in [0.5, 0.6) is 0 Å². The SMILES string of the molecule is CN(CC(C)(C)O)C(=O)Cc1ccc(F)cc1. The van der Waals surface area contributed by atoms with E-state index in [2.05, 4.69) is 0 Å². The minimum atomic E-state index is -0.910. The average Bonchev–Trinajstić information content (AvgIpc) is 2.19. The fraction of sp³-hybridized carbons (Fsp3) is 0.462. The third-order valence-electron chi connectivity index (χ3n) is 2.32. The summed E-state index contributed by atoms with van der Waals surface area (Å²) in [6, 6.07) is 5.84. The molecule has 0 heterocycles. The van der Waals surface area contributed by atoms with Crippen LogP contribution < -0.4 is 0 Å². The smallest absolute Gasteiger partial charge is 0.226 e. The van der Waals surface area contributed by atoms with Crippen molar-refractivity contribution in [2.75, 3.05) is 13.6 Å². The first kappa shape index (κ1) is 13.6. The van der Waals surface area contributed by atoms with Crippen molar-refractivity contribution in [2.24, 2.45) is 0 Å². The van der Waals surface area contributed by atoms with Crippen molar-refractivity contribution in [3.63, 3.8) is 0 Å². The van der Waals surface area contributed by atoms with E-state index in [1.807, 2.05) is 0 Å². The zero-order valence-corrected chi connectivity index (χ0v) is 10.4. The van der Waals surface area contributed by atoms with E-state index in [0.717, 1.165) is 5.56 Å². The Bertz CT molecular complexity index is 381. The van der Waals surface area contributed by atoms with E-state index in [1.165, 1.54) is 17.0 Å². The van der Waals surface area contributed by atoms with Gasteiger partial charge in [0.25, 0.3) is 0 Å². The van der Waals surface area contributed by atoms with Gasteiger partial charge in [0.2, 0.25) is 5.91 Å². The van der Waals surface area contributed by atoms with E-state index in [4.69, 9.17) is 0 Å². The van der Waals surface area contributed by atoms with E-state index in [9.17, 15) is 14.3 Å². The number of rotatable bonds is 4. The molecule has 0 aliphatic rings. The van der Waals surface area contributed by atoms with Crippen LogP contribution in [0.3, 0.4) is 0 Å². The highest BCUT2D eigenvalue weighted by Gasteiger charge is 2.19. The first-order valence-electron chi connectivity index (χ1n) is 5.49. The van der Waals surface area contributed by atoms with Gasteiger partial charge in [0.05, 0.1) is 12.0 Å². The maximum absolute atomic E-state index is 12.7. The predicted octanol–water partition coefficient (Wildman–Crippen LogP) is 1.60. The molecule has 0 bridgehead atoms. The van der Waals surface area contributed by atoms with Crippen LogP contribution in [0.4, 0.5) is 4.39 Å². The molecule has 17 heavy (non-hydrogen) atoms. The Balaban J connectivity index is 2.57. The number of nitrogens with zero attached hydrogens (tertiary/aromatic N) is 1. The number of amides is 1. The molecular weight excluding hydrogens is 221 g/mol. The lowest BCUT2D eigenvalue weighted by atomic mass is 10.1. The van der Waals surface area contributed by atoms with Crippen LogP contribution >= 0.6 is 0 Å². The second-order valence-electron chi connectivity index (χ2n) is 4.87. The molecule has 1 N–H and O–H groups in total. The summed E-state index contributed by atoms with van der Waals surface area (Å²) in [5, 5.41) is 9.60. The van der Waals surface area contributed by atoms with Crippen LogP contribution in [0.15, 0.2) is 24.3 Å². The number of carbonyl (C=O) groups excluding carboxylic acids is 1. The molecule has 4 heteroatoms. The summed E-state index contributed by atoms with van der Waals surface area (Å²) < 4.78 is 12.7. The van der Waals surface area contributed by atoms with E-state index in [0.29, 0.717) is 0 Å². The molecule has 0 saturated heterocycles. The highest BCUT2D eigenvalue weighted by atomic mass is 19.1. The molecule has 0 atom stereocenters. The van der Waals surface area contributed by atoms with Crippen molar-refractivity contribution in [2.45, 2.75) is 25.9 Å². The topological polar surface area (TPSA) is 40.5 Å². The average molecular weight is 239 g/mol. The van der Waals surface area contributed by atoms with Crippen LogP contribution in [0.2, 0.25) is 0 Å². The van der Waals surface area contributed by atoms with Gasteiger partial charge in [-0.2, -0.15) is 0 Å². The lowest BCUT2D eigenvalue weighted by Crippen LogP contribution is -2.40. The number of aliphatic hydroxyl groups is 1. The Labute approximate surface area is 101 Å². The highest BCUT2D eigenvalue weighted by molar-refractivity contribution is 5.78. The molecule has 1 amide bonds. The van der Waals surface area contributed by atoms with Crippen LogP contribution in [0.25, 0.3) is 0 Å². The van der Waals surface area contributed by atoms with Gasteiger partial charge in [-0.25, -0.2) is 4.39 Å². The van der Waals surface area contributed by atoms with Crippen molar-refractivity contribution in [3.05, 3.63) is 35.6 Å². The molecule has 0 radical (unpaired) electrons. The lowest BCUT2D eigenvalue weighted by Gasteiger charge is -2.25. The van der Waals surface area contributed by atoms with Gasteiger partial charge < -0.3 is 10.0 Å². The Hall–Kier alpha value is -1.42. The number of carbonyl (C=O) groups is 1. The molecule has 0 saturated carbocycles. The van der Waals surface area contributed by atoms with Crippen molar-refractivity contribution in [3.8, 4) is 0 Å². The number of likely N-dealkylation sites (N-methyl/N-ethyl adjacent to an activating group) is 1. The van der Waals surface area contributed by atoms with E-state index in [1.54, 1.807) is 33.0 Å². The van der Waals surface area contributed by atoms with Gasteiger partial charge in [-0.3, -0.25) is 4.79 Å². The highest BCUT2D eigenvalue weighted by Crippen LogP contribution is 2.08. The molecule has 0 aromatic heterocycles. The van der Waals surface area contributed by atoms with Gasteiger partial charge >= 0.3 is 0 Å². The molecule has 0 aliphatic carbocycles. The zero-order valence-electron chi connectivity index (χ0n) is 10.4. The fourth-order valence-electron chi connectivity index (χ4n) is 1.58. The molecule has 3 nitrogen and oxygen atoms in total. The summed E-state index contributed by atoms with van der Waals surface area (Å²) in [6.07, 6.45) is 0.215. The monoisotopic (exact) mass is 239 g/mol. The Morgan fingerprint density at radius 1 is 1.35 bits per heavy atom. The quantitative estimate of drug-likeness (QED) is 0.867. The third kappa shape index (κ3) is 4.95. The number of hydrogen-bond acceptors (Lipinski definition) is 2. The first-order chi connectivity index (χ1) is 7.78. The van der Waals surface area contributed by atoms with Crippen LogP contribution in [-0.2, 0) is 11.2 Å². The largest absolute Gasteiger partial charge is 0.389 e. The predicted molar refractivity (Wildman–Crippen MR) is 64.0 cm³/mol. The zero-order chi connectivity index (χ0) is 13.1. The van der Waals surface area contributed by atoms with Crippen molar-refractivity contribution in [1.29, 1.82) is 0 Å². The minimum Gasteiger partial charge on any atom is -0.389 e. The van der Waals surface area contributed by atoms with Crippen LogP contribution in [0, 0.1) is 5.82 Å². The molecule has 94 valence electrons. The maximum Gasteiger partial charge on any atom is 0.226 e. The van der Waals surface area contributed by atoms with Gasteiger partial charge in [-0.05, 0) is 31.5 Å². The van der Waals surface area contributed by atoms with Gasteiger partial charge in [-0.15, -0.1) is 0 Å². The minimum absolute atomic E-state index is 0.0984. The second kappa shape index (κ2) is 5.27. The fourth-order valence-corrected chi connectivity index (χ4v) is 1.58. The van der Waals surface area contributed by atoms with Crippen molar-refractivity contribution < 1.29 is 14.3 Å². The number of hydrogen-bond donors (Lipinski definition) is 1. The van der Waals surface area contributed by atoms with E-state index < -0.39 is 5.60 Å². The molecule has 1 aromatic carbocycles. The van der Waals surface area contributed by atoms with Crippen LogP contribution in [-0.4, -0.2) is 35.1 Å². The first-order valence-corrected chi connectivity index (χ1v) is 5.49. The Morgan fingerprint density at radius 3 is 2.35 bits per heavy atom. The van der Waals surface area contributed by atoms with Gasteiger partial charge in [0.15, 0.2) is 0 Å². The third-order valence-corrected chi connectivity index (χ3v) is 2.32. The van der Waals surface area contributed by atoms with Crippen molar-refractivity contribution >= 4 is 5.91 Å². The number of halogens is 1. The molecule has 1 rings (SSSR count). The van der Waals surface area contributed by atoms with Gasteiger partial charge in [0.1, 0.15) is 5.82 Å². The second-order valence-corrected chi connectivity index (χ2v) is 4.87. The molecule has 1 aromatic rings. The molecular formula is C13H18FNO2. The number of benzene rings is 1. The molecule has 0 fully saturated rings. The normalized spacial score (nSPS) is 11.4. The van der Waals surface area contributed by atoms with Crippen molar-refractivity contribution in [1.82, 2.24) is 4.90 Å². The molecule has 0 unspecified atom stereocenters. The van der Waals surface area contributed by atoms with Gasteiger partial charge in [0, 0.05) is 13.6 Å². The van der Waals surface area contributed by atoms with Crippen LogP contribution in [0.1, 0.15) is 19.4 Å². The standard InChI is InChI=1S/C13H18FNO2/c1-13(2,17)9-15(3)12(16)8-10-4-6-11(14)7-5-10/h4-7,17H,8-9H2,1-3H3. The van der Waals surface area contributed by atoms with E-state index >= 15 is 0 Å². The van der Waals surface area contributed by atoms with Gasteiger partial charge in [-0.1, -0.05) is 12.1 Å².